The summed E-state index contributed by atoms with van der Waals surface area (Å²) in [5.74, 6) is 0.729. The molecule has 20 heavy (non-hydrogen) atoms. The van der Waals surface area contributed by atoms with Crippen molar-refractivity contribution >= 4 is 12.0 Å². The van der Waals surface area contributed by atoms with E-state index < -0.39 is 0 Å². The SMILES string of the molecule is CCOc1ccccc1C=CC(=O)N1CCC[C@@H]1CO. The van der Waals surface area contributed by atoms with Gasteiger partial charge in [0.2, 0.25) is 5.91 Å². The highest BCUT2D eigenvalue weighted by atomic mass is 16.5. The van der Waals surface area contributed by atoms with Crippen LogP contribution in [-0.2, 0) is 4.79 Å². The standard InChI is InChI=1S/C16H21NO3/c1-2-20-15-8-4-3-6-13(15)9-10-16(19)17-11-5-7-14(17)12-18/h3-4,6,8-10,14,18H,2,5,7,11-12H2,1H3/t14-/m1/s1. The molecule has 0 unspecified atom stereocenters. The molecule has 1 heterocycles. The molecule has 0 aliphatic carbocycles. The maximum absolute atomic E-state index is 12.1. The molecule has 0 bridgehead atoms. The summed E-state index contributed by atoms with van der Waals surface area (Å²) in [6.45, 7) is 3.29. The van der Waals surface area contributed by atoms with E-state index in [0.717, 1.165) is 30.7 Å². The van der Waals surface area contributed by atoms with E-state index in [1.807, 2.05) is 31.2 Å². The third-order valence-electron chi connectivity index (χ3n) is 3.50. The first kappa shape index (κ1) is 14.6. The van der Waals surface area contributed by atoms with Crippen molar-refractivity contribution in [2.24, 2.45) is 0 Å². The molecular formula is C16H21NO3. The Hall–Kier alpha value is -1.81. The van der Waals surface area contributed by atoms with Crippen LogP contribution in [0.1, 0.15) is 25.3 Å². The molecule has 1 fully saturated rings. The van der Waals surface area contributed by atoms with E-state index in [1.165, 1.54) is 0 Å². The van der Waals surface area contributed by atoms with Crippen molar-refractivity contribution in [2.75, 3.05) is 19.8 Å². The molecule has 1 N–H and O–H groups in total. The van der Waals surface area contributed by atoms with Gasteiger partial charge in [0.1, 0.15) is 5.75 Å². The van der Waals surface area contributed by atoms with Crippen molar-refractivity contribution in [3.05, 3.63) is 35.9 Å². The lowest BCUT2D eigenvalue weighted by Gasteiger charge is -2.21. The summed E-state index contributed by atoms with van der Waals surface area (Å²) in [6, 6.07) is 7.60. The molecule has 1 amide bonds. The van der Waals surface area contributed by atoms with Gasteiger partial charge >= 0.3 is 0 Å². The lowest BCUT2D eigenvalue weighted by atomic mass is 10.2. The van der Waals surface area contributed by atoms with E-state index in [2.05, 4.69) is 0 Å². The number of hydrogen-bond donors (Lipinski definition) is 1. The number of nitrogens with zero attached hydrogens (tertiary/aromatic N) is 1. The second-order valence-corrected chi connectivity index (χ2v) is 4.81. The number of amides is 1. The van der Waals surface area contributed by atoms with Crippen molar-refractivity contribution < 1.29 is 14.6 Å². The van der Waals surface area contributed by atoms with Gasteiger partial charge in [0.05, 0.1) is 19.3 Å². The molecule has 108 valence electrons. The predicted molar refractivity (Wildman–Crippen MR) is 78.5 cm³/mol. The topological polar surface area (TPSA) is 49.8 Å². The lowest BCUT2D eigenvalue weighted by Crippen LogP contribution is -2.36. The average molecular weight is 275 g/mol. The fourth-order valence-corrected chi connectivity index (χ4v) is 2.48. The maximum atomic E-state index is 12.1. The minimum Gasteiger partial charge on any atom is -0.493 e. The van der Waals surface area contributed by atoms with Gasteiger partial charge in [-0.3, -0.25) is 4.79 Å². The fraction of sp³-hybridized carbons (Fsp3) is 0.438. The molecule has 1 saturated heterocycles. The van der Waals surface area contributed by atoms with Gasteiger partial charge in [-0.2, -0.15) is 0 Å². The molecule has 1 aliphatic rings. The number of aliphatic hydroxyl groups excluding tert-OH is 1. The van der Waals surface area contributed by atoms with Gasteiger partial charge in [0.15, 0.2) is 0 Å². The summed E-state index contributed by atoms with van der Waals surface area (Å²) in [4.78, 5) is 13.9. The van der Waals surface area contributed by atoms with E-state index in [-0.39, 0.29) is 18.6 Å². The zero-order valence-electron chi connectivity index (χ0n) is 11.8. The summed E-state index contributed by atoms with van der Waals surface area (Å²) in [5.41, 5.74) is 0.891. The van der Waals surface area contributed by atoms with Crippen LogP contribution in [0.3, 0.4) is 0 Å². The minimum atomic E-state index is -0.0483. The summed E-state index contributed by atoms with van der Waals surface area (Å²) >= 11 is 0. The number of carbonyl (C=O) groups excluding carboxylic acids is 1. The van der Waals surface area contributed by atoms with Gasteiger partial charge in [-0.15, -0.1) is 0 Å². The Labute approximate surface area is 119 Å². The number of rotatable bonds is 5. The van der Waals surface area contributed by atoms with Crippen molar-refractivity contribution in [2.45, 2.75) is 25.8 Å². The van der Waals surface area contributed by atoms with E-state index in [9.17, 15) is 9.90 Å². The smallest absolute Gasteiger partial charge is 0.246 e. The van der Waals surface area contributed by atoms with Crippen molar-refractivity contribution in [1.82, 2.24) is 4.90 Å². The molecule has 0 radical (unpaired) electrons. The molecule has 1 atom stereocenters. The predicted octanol–water partition coefficient (Wildman–Crippen LogP) is 2.08. The first-order valence-electron chi connectivity index (χ1n) is 7.07. The molecule has 0 spiro atoms. The number of likely N-dealkylation sites (tertiary alicyclic amines) is 1. The summed E-state index contributed by atoms with van der Waals surface area (Å²) < 4.78 is 5.52. The van der Waals surface area contributed by atoms with Crippen LogP contribution >= 0.6 is 0 Å². The van der Waals surface area contributed by atoms with Gasteiger partial charge < -0.3 is 14.7 Å². The maximum Gasteiger partial charge on any atom is 0.246 e. The van der Waals surface area contributed by atoms with E-state index in [1.54, 1.807) is 17.1 Å². The number of para-hydroxylation sites is 1. The molecule has 4 heteroatoms. The largest absolute Gasteiger partial charge is 0.493 e. The van der Waals surface area contributed by atoms with E-state index >= 15 is 0 Å². The zero-order chi connectivity index (χ0) is 14.4. The van der Waals surface area contributed by atoms with Crippen LogP contribution in [0, 0.1) is 0 Å². The number of aliphatic hydroxyl groups is 1. The number of ether oxygens (including phenoxy) is 1. The zero-order valence-corrected chi connectivity index (χ0v) is 11.8. The van der Waals surface area contributed by atoms with Crippen LogP contribution in [-0.4, -0.2) is 41.7 Å². The van der Waals surface area contributed by atoms with Gasteiger partial charge in [-0.05, 0) is 31.9 Å². The van der Waals surface area contributed by atoms with Crippen LogP contribution in [0.5, 0.6) is 5.75 Å². The molecule has 0 saturated carbocycles. The molecule has 2 rings (SSSR count). The molecule has 1 aliphatic heterocycles. The first-order valence-corrected chi connectivity index (χ1v) is 7.07. The highest BCUT2D eigenvalue weighted by Gasteiger charge is 2.26. The normalized spacial score (nSPS) is 18.7. The Morgan fingerprint density at radius 1 is 1.50 bits per heavy atom. The van der Waals surface area contributed by atoms with Crippen LogP contribution in [0.2, 0.25) is 0 Å². The molecule has 4 nitrogen and oxygen atoms in total. The fourth-order valence-electron chi connectivity index (χ4n) is 2.48. The number of benzene rings is 1. The van der Waals surface area contributed by atoms with Crippen molar-refractivity contribution in [3.63, 3.8) is 0 Å². The molecule has 1 aromatic carbocycles. The Bertz CT molecular complexity index is 484. The van der Waals surface area contributed by atoms with Crippen molar-refractivity contribution in [1.29, 1.82) is 0 Å². The summed E-state index contributed by atoms with van der Waals surface area (Å²) in [5, 5.41) is 9.25. The third kappa shape index (κ3) is 3.39. The summed E-state index contributed by atoms with van der Waals surface area (Å²) in [7, 11) is 0. The van der Waals surface area contributed by atoms with Crippen LogP contribution < -0.4 is 4.74 Å². The monoisotopic (exact) mass is 275 g/mol. The van der Waals surface area contributed by atoms with Gasteiger partial charge in [-0.1, -0.05) is 18.2 Å². The second-order valence-electron chi connectivity index (χ2n) is 4.81. The van der Waals surface area contributed by atoms with Gasteiger partial charge in [0, 0.05) is 18.2 Å². The van der Waals surface area contributed by atoms with Crippen LogP contribution in [0.4, 0.5) is 0 Å². The van der Waals surface area contributed by atoms with Crippen molar-refractivity contribution in [3.8, 4) is 5.75 Å². The highest BCUT2D eigenvalue weighted by Crippen LogP contribution is 2.21. The summed E-state index contributed by atoms with van der Waals surface area (Å²) in [6.07, 6.45) is 5.18. The highest BCUT2D eigenvalue weighted by molar-refractivity contribution is 5.92. The van der Waals surface area contributed by atoms with E-state index in [4.69, 9.17) is 4.74 Å². The average Bonchev–Trinajstić information content (AvgIpc) is 2.95. The number of hydrogen-bond acceptors (Lipinski definition) is 3. The first-order chi connectivity index (χ1) is 9.76. The Balaban J connectivity index is 2.07. The molecule has 1 aromatic rings. The van der Waals surface area contributed by atoms with Gasteiger partial charge in [0.25, 0.3) is 0 Å². The quantitative estimate of drug-likeness (QED) is 0.837. The van der Waals surface area contributed by atoms with E-state index in [0.29, 0.717) is 6.61 Å². The third-order valence-corrected chi connectivity index (χ3v) is 3.50. The minimum absolute atomic E-state index is 0.0331. The van der Waals surface area contributed by atoms with Crippen LogP contribution in [0.15, 0.2) is 30.3 Å². The number of carbonyl (C=O) groups is 1. The van der Waals surface area contributed by atoms with Crippen LogP contribution in [0.25, 0.3) is 6.08 Å². The Kier molecular flexibility index (Phi) is 5.18. The Morgan fingerprint density at radius 3 is 3.05 bits per heavy atom. The van der Waals surface area contributed by atoms with Gasteiger partial charge in [-0.25, -0.2) is 0 Å². The Morgan fingerprint density at radius 2 is 2.30 bits per heavy atom. The molecule has 0 aromatic heterocycles. The second kappa shape index (κ2) is 7.10. The molecular weight excluding hydrogens is 254 g/mol. The lowest BCUT2D eigenvalue weighted by molar-refractivity contribution is -0.127.